The van der Waals surface area contributed by atoms with Crippen LogP contribution in [0.1, 0.15) is 24.0 Å². The van der Waals surface area contributed by atoms with Gasteiger partial charge in [-0.05, 0) is 47.4 Å². The lowest BCUT2D eigenvalue weighted by molar-refractivity contribution is -0.928. The molecule has 0 saturated carbocycles. The van der Waals surface area contributed by atoms with Crippen molar-refractivity contribution >= 4 is 29.4 Å². The molecule has 1 N–H and O–H groups in total. The van der Waals surface area contributed by atoms with Gasteiger partial charge in [0, 0.05) is 36.2 Å². The molecule has 1 amide bonds. The van der Waals surface area contributed by atoms with E-state index >= 15 is 0 Å². The number of hydrogen-bond acceptors (Lipinski definition) is 2. The minimum absolute atomic E-state index is 0.300. The fourth-order valence-corrected chi connectivity index (χ4v) is 4.79. The molecule has 1 saturated heterocycles. The molecule has 1 aliphatic heterocycles. The third-order valence-electron chi connectivity index (χ3n) is 5.30. The van der Waals surface area contributed by atoms with Gasteiger partial charge >= 0.3 is 0 Å². The van der Waals surface area contributed by atoms with Gasteiger partial charge in [0.1, 0.15) is 18.2 Å². The summed E-state index contributed by atoms with van der Waals surface area (Å²) in [5.41, 5.74) is 2.22. The van der Waals surface area contributed by atoms with Crippen molar-refractivity contribution < 1.29 is 18.1 Å². The minimum atomic E-state index is -0.672. The fourth-order valence-electron chi connectivity index (χ4n) is 3.70. The largest absolute Gasteiger partial charge is 0.323 e. The summed E-state index contributed by atoms with van der Waals surface area (Å²) < 4.78 is 27.4. The van der Waals surface area contributed by atoms with E-state index in [9.17, 15) is 13.6 Å². The first-order valence-corrected chi connectivity index (χ1v) is 10.9. The van der Waals surface area contributed by atoms with Crippen LogP contribution in [0.3, 0.4) is 0 Å². The Morgan fingerprint density at radius 2 is 1.72 bits per heavy atom. The molecule has 3 nitrogen and oxygen atoms in total. The van der Waals surface area contributed by atoms with E-state index in [0.29, 0.717) is 17.3 Å². The predicted octanol–water partition coefficient (Wildman–Crippen LogP) is 5.09. The van der Waals surface area contributed by atoms with Crippen molar-refractivity contribution in [2.45, 2.75) is 25.4 Å². The number of hydrogen-bond donors (Lipinski definition) is 1. The molecule has 2 aromatic carbocycles. The highest BCUT2D eigenvalue weighted by Gasteiger charge is 2.29. The molecule has 0 aliphatic carbocycles. The summed E-state index contributed by atoms with van der Waals surface area (Å²) in [4.78, 5) is 12.1. The van der Waals surface area contributed by atoms with E-state index in [2.05, 4.69) is 19.4 Å². The Hall–Kier alpha value is -2.18. The SMILES string of the molecule is C[N+](C)(Cc1ccc(NC(=O)C=Cc2cc(F)cc(F)c2)cc1)C1CCSCC1. The van der Waals surface area contributed by atoms with Crippen molar-refractivity contribution in [2.24, 2.45) is 0 Å². The zero-order chi connectivity index (χ0) is 20.9. The first-order chi connectivity index (χ1) is 13.8. The minimum Gasteiger partial charge on any atom is -0.323 e. The maximum atomic E-state index is 13.2. The second-order valence-electron chi connectivity index (χ2n) is 8.00. The highest BCUT2D eigenvalue weighted by atomic mass is 32.2. The third-order valence-corrected chi connectivity index (χ3v) is 6.35. The van der Waals surface area contributed by atoms with Crippen molar-refractivity contribution in [3.05, 3.63) is 71.3 Å². The molecule has 0 unspecified atom stereocenters. The average Bonchev–Trinajstić information content (AvgIpc) is 2.68. The Balaban J connectivity index is 1.57. The number of quaternary nitrogens is 1. The fraction of sp³-hybridized carbons (Fsp3) is 0.348. The van der Waals surface area contributed by atoms with Gasteiger partial charge in [-0.25, -0.2) is 8.78 Å². The van der Waals surface area contributed by atoms with Gasteiger partial charge in [-0.15, -0.1) is 0 Å². The molecule has 154 valence electrons. The number of nitrogens with one attached hydrogen (secondary N) is 1. The number of anilines is 1. The van der Waals surface area contributed by atoms with Crippen LogP contribution >= 0.6 is 11.8 Å². The molecule has 1 fully saturated rings. The molecule has 1 heterocycles. The summed E-state index contributed by atoms with van der Waals surface area (Å²) >= 11 is 2.04. The van der Waals surface area contributed by atoms with Crippen LogP contribution in [0, 0.1) is 11.6 Å². The summed E-state index contributed by atoms with van der Waals surface area (Å²) in [5.74, 6) is 0.793. The van der Waals surface area contributed by atoms with Crippen LogP contribution < -0.4 is 5.32 Å². The van der Waals surface area contributed by atoms with Gasteiger partial charge in [-0.2, -0.15) is 11.8 Å². The number of benzene rings is 2. The lowest BCUT2D eigenvalue weighted by Crippen LogP contribution is -2.49. The Labute approximate surface area is 175 Å². The summed E-state index contributed by atoms with van der Waals surface area (Å²) in [6.45, 7) is 0.953. The lowest BCUT2D eigenvalue weighted by atomic mass is 10.1. The van der Waals surface area contributed by atoms with Gasteiger partial charge < -0.3 is 9.80 Å². The van der Waals surface area contributed by atoms with Gasteiger partial charge in [0.15, 0.2) is 0 Å². The van der Waals surface area contributed by atoms with E-state index in [-0.39, 0.29) is 5.91 Å². The van der Waals surface area contributed by atoms with E-state index in [1.54, 1.807) is 0 Å². The second kappa shape index (κ2) is 9.55. The van der Waals surface area contributed by atoms with Crippen molar-refractivity contribution in [3.8, 4) is 0 Å². The monoisotopic (exact) mass is 417 g/mol. The lowest BCUT2D eigenvalue weighted by Gasteiger charge is -2.40. The van der Waals surface area contributed by atoms with Crippen LogP contribution in [-0.4, -0.2) is 42.0 Å². The van der Waals surface area contributed by atoms with E-state index in [1.807, 2.05) is 36.0 Å². The van der Waals surface area contributed by atoms with Crippen molar-refractivity contribution in [3.63, 3.8) is 0 Å². The normalized spacial score (nSPS) is 15.6. The van der Waals surface area contributed by atoms with E-state index < -0.39 is 11.6 Å². The molecule has 0 spiro atoms. The number of carbonyl (C=O) groups is 1. The summed E-state index contributed by atoms with van der Waals surface area (Å²) in [7, 11) is 4.58. The van der Waals surface area contributed by atoms with Crippen LogP contribution in [0.5, 0.6) is 0 Å². The molecule has 6 heteroatoms. The van der Waals surface area contributed by atoms with Gasteiger partial charge in [-0.3, -0.25) is 4.79 Å². The van der Waals surface area contributed by atoms with Crippen LogP contribution in [0.4, 0.5) is 14.5 Å². The topological polar surface area (TPSA) is 29.1 Å². The van der Waals surface area contributed by atoms with Gasteiger partial charge in [0.2, 0.25) is 5.91 Å². The maximum Gasteiger partial charge on any atom is 0.248 e. The van der Waals surface area contributed by atoms with Gasteiger partial charge in [0.05, 0.1) is 20.1 Å². The van der Waals surface area contributed by atoms with E-state index in [1.165, 1.54) is 54.2 Å². The Morgan fingerprint density at radius 3 is 2.34 bits per heavy atom. The molecule has 0 radical (unpaired) electrons. The second-order valence-corrected chi connectivity index (χ2v) is 9.23. The Bertz CT molecular complexity index is 855. The zero-order valence-corrected chi connectivity index (χ0v) is 17.6. The Kier molecular flexibility index (Phi) is 7.09. The molecule has 0 bridgehead atoms. The average molecular weight is 418 g/mol. The quantitative estimate of drug-likeness (QED) is 0.524. The zero-order valence-electron chi connectivity index (χ0n) is 16.8. The standard InChI is InChI=1S/C23H26F2N2OS/c1-27(2,22-9-11-29-12-10-22)16-17-3-6-21(7-4-17)26-23(28)8-5-18-13-19(24)15-20(25)14-18/h3-8,13-15,22H,9-12,16H2,1-2H3/p+1. The van der Waals surface area contributed by atoms with Crippen molar-refractivity contribution in [1.29, 1.82) is 0 Å². The highest BCUT2D eigenvalue weighted by molar-refractivity contribution is 7.99. The van der Waals surface area contributed by atoms with Gasteiger partial charge in [-0.1, -0.05) is 12.1 Å². The van der Waals surface area contributed by atoms with Gasteiger partial charge in [0.25, 0.3) is 0 Å². The first kappa shape index (κ1) is 21.5. The van der Waals surface area contributed by atoms with Crippen LogP contribution in [0.25, 0.3) is 6.08 Å². The number of halogens is 2. The molecule has 2 aromatic rings. The number of nitrogens with zero attached hydrogens (tertiary/aromatic N) is 1. The van der Waals surface area contributed by atoms with E-state index in [4.69, 9.17) is 0 Å². The molecule has 0 atom stereocenters. The molecular formula is C23H27F2N2OS+. The molecule has 1 aliphatic rings. The maximum absolute atomic E-state index is 13.2. The number of thioether (sulfide) groups is 1. The van der Waals surface area contributed by atoms with Crippen molar-refractivity contribution in [2.75, 3.05) is 30.9 Å². The molecular weight excluding hydrogens is 390 g/mol. The summed E-state index contributed by atoms with van der Waals surface area (Å²) in [6, 6.07) is 11.7. The van der Waals surface area contributed by atoms with Crippen LogP contribution in [0.15, 0.2) is 48.5 Å². The highest BCUT2D eigenvalue weighted by Crippen LogP contribution is 2.27. The van der Waals surface area contributed by atoms with E-state index in [0.717, 1.165) is 17.1 Å². The first-order valence-electron chi connectivity index (χ1n) is 9.76. The number of amides is 1. The van der Waals surface area contributed by atoms with Crippen LogP contribution in [-0.2, 0) is 11.3 Å². The number of carbonyl (C=O) groups excluding carboxylic acids is 1. The third kappa shape index (κ3) is 6.41. The molecule has 3 rings (SSSR count). The Morgan fingerprint density at radius 1 is 1.10 bits per heavy atom. The molecule has 29 heavy (non-hydrogen) atoms. The van der Waals surface area contributed by atoms with Crippen LogP contribution in [0.2, 0.25) is 0 Å². The smallest absolute Gasteiger partial charge is 0.248 e. The molecule has 0 aromatic heterocycles. The van der Waals surface area contributed by atoms with Crippen molar-refractivity contribution in [1.82, 2.24) is 0 Å². The predicted molar refractivity (Wildman–Crippen MR) is 117 cm³/mol. The number of rotatable bonds is 6. The summed E-state index contributed by atoms with van der Waals surface area (Å²) in [5, 5.41) is 2.77. The summed E-state index contributed by atoms with van der Waals surface area (Å²) in [6.07, 6.45) is 5.17.